The van der Waals surface area contributed by atoms with Crippen molar-refractivity contribution in [3.05, 3.63) is 24.2 Å². The molecule has 0 N–H and O–H groups in total. The Morgan fingerprint density at radius 2 is 2.50 bits per heavy atom. The van der Waals surface area contributed by atoms with Crippen molar-refractivity contribution in [1.82, 2.24) is 4.90 Å². The predicted octanol–water partition coefficient (Wildman–Crippen LogP) is 1.81. The first kappa shape index (κ1) is 11.2. The fourth-order valence-electron chi connectivity index (χ4n) is 2.19. The standard InChI is InChI=1S/C12H17NO3/c1-15-12(14)11-6-2-3-7-13(11)9-10-5-4-8-16-10/h4-5,8,11H,2-3,6-7,9H2,1H3/t11-/m1/s1. The van der Waals surface area contributed by atoms with Gasteiger partial charge in [-0.25, -0.2) is 0 Å². The van der Waals surface area contributed by atoms with E-state index in [2.05, 4.69) is 4.90 Å². The Bertz CT molecular complexity index is 334. The van der Waals surface area contributed by atoms with Crippen molar-refractivity contribution in [1.29, 1.82) is 0 Å². The van der Waals surface area contributed by atoms with Crippen LogP contribution in [0.15, 0.2) is 22.8 Å². The molecule has 2 heterocycles. The van der Waals surface area contributed by atoms with Crippen molar-refractivity contribution in [2.45, 2.75) is 31.8 Å². The number of piperidine rings is 1. The van der Waals surface area contributed by atoms with Crippen LogP contribution in [0.2, 0.25) is 0 Å². The summed E-state index contributed by atoms with van der Waals surface area (Å²) in [6.45, 7) is 1.62. The molecule has 4 nitrogen and oxygen atoms in total. The maximum Gasteiger partial charge on any atom is 0.323 e. The van der Waals surface area contributed by atoms with E-state index in [1.54, 1.807) is 6.26 Å². The summed E-state index contributed by atoms with van der Waals surface area (Å²) in [5.41, 5.74) is 0. The lowest BCUT2D eigenvalue weighted by Crippen LogP contribution is -2.44. The number of nitrogens with zero attached hydrogens (tertiary/aromatic N) is 1. The third-order valence-electron chi connectivity index (χ3n) is 3.03. The second-order valence-electron chi connectivity index (χ2n) is 4.08. The Labute approximate surface area is 95.2 Å². The van der Waals surface area contributed by atoms with Crippen molar-refractivity contribution >= 4 is 5.97 Å². The highest BCUT2D eigenvalue weighted by Gasteiger charge is 2.29. The van der Waals surface area contributed by atoms with E-state index in [9.17, 15) is 4.79 Å². The van der Waals surface area contributed by atoms with Gasteiger partial charge in [0.1, 0.15) is 11.8 Å². The zero-order chi connectivity index (χ0) is 11.4. The third kappa shape index (κ3) is 2.44. The lowest BCUT2D eigenvalue weighted by molar-refractivity contribution is -0.148. The summed E-state index contributed by atoms with van der Waals surface area (Å²) in [5.74, 6) is 0.766. The first-order chi connectivity index (χ1) is 7.81. The second kappa shape index (κ2) is 5.16. The lowest BCUT2D eigenvalue weighted by Gasteiger charge is -2.32. The van der Waals surface area contributed by atoms with Crippen LogP contribution in [0, 0.1) is 0 Å². The van der Waals surface area contributed by atoms with E-state index in [0.29, 0.717) is 6.54 Å². The monoisotopic (exact) mass is 223 g/mol. The first-order valence-electron chi connectivity index (χ1n) is 5.65. The molecule has 4 heteroatoms. The topological polar surface area (TPSA) is 42.7 Å². The maximum atomic E-state index is 11.6. The molecule has 0 radical (unpaired) electrons. The molecule has 0 spiro atoms. The van der Waals surface area contributed by atoms with Crippen molar-refractivity contribution in [3.63, 3.8) is 0 Å². The Balaban J connectivity index is 2.02. The van der Waals surface area contributed by atoms with E-state index in [4.69, 9.17) is 9.15 Å². The van der Waals surface area contributed by atoms with Gasteiger partial charge in [0.15, 0.2) is 0 Å². The molecule has 0 aliphatic carbocycles. The number of methoxy groups -OCH3 is 1. The van der Waals surface area contributed by atoms with Crippen LogP contribution in [0.5, 0.6) is 0 Å². The van der Waals surface area contributed by atoms with Gasteiger partial charge in [-0.05, 0) is 31.5 Å². The van der Waals surface area contributed by atoms with Gasteiger partial charge in [0, 0.05) is 0 Å². The normalized spacial score (nSPS) is 21.9. The number of furan rings is 1. The largest absolute Gasteiger partial charge is 0.468 e. The number of likely N-dealkylation sites (tertiary alicyclic amines) is 1. The Kier molecular flexibility index (Phi) is 3.62. The van der Waals surface area contributed by atoms with Gasteiger partial charge in [-0.15, -0.1) is 0 Å². The summed E-state index contributed by atoms with van der Waals surface area (Å²) < 4.78 is 10.1. The average molecular weight is 223 g/mol. The molecular weight excluding hydrogens is 206 g/mol. The molecule has 1 aliphatic heterocycles. The molecule has 0 bridgehead atoms. The Morgan fingerprint density at radius 1 is 1.62 bits per heavy atom. The minimum atomic E-state index is -0.133. The molecule has 0 amide bonds. The number of carbonyl (C=O) groups excluding carboxylic acids is 1. The lowest BCUT2D eigenvalue weighted by atomic mass is 10.0. The molecule has 0 aromatic carbocycles. The van der Waals surface area contributed by atoms with E-state index < -0.39 is 0 Å². The zero-order valence-electron chi connectivity index (χ0n) is 9.52. The van der Waals surface area contributed by atoms with Gasteiger partial charge in [0.2, 0.25) is 0 Å². The highest BCUT2D eigenvalue weighted by atomic mass is 16.5. The maximum absolute atomic E-state index is 11.6. The highest BCUT2D eigenvalue weighted by Crippen LogP contribution is 2.20. The molecular formula is C12H17NO3. The number of ether oxygens (including phenoxy) is 1. The number of carbonyl (C=O) groups is 1. The van der Waals surface area contributed by atoms with Crippen LogP contribution < -0.4 is 0 Å². The predicted molar refractivity (Wildman–Crippen MR) is 58.8 cm³/mol. The van der Waals surface area contributed by atoms with Gasteiger partial charge in [-0.2, -0.15) is 0 Å². The molecule has 1 fully saturated rings. The van der Waals surface area contributed by atoms with Gasteiger partial charge < -0.3 is 9.15 Å². The van der Waals surface area contributed by atoms with Gasteiger partial charge in [-0.3, -0.25) is 9.69 Å². The fourth-order valence-corrected chi connectivity index (χ4v) is 2.19. The quantitative estimate of drug-likeness (QED) is 0.733. The van der Waals surface area contributed by atoms with Crippen LogP contribution in [-0.2, 0) is 16.1 Å². The molecule has 1 aromatic heterocycles. The second-order valence-corrected chi connectivity index (χ2v) is 4.08. The minimum Gasteiger partial charge on any atom is -0.468 e. The molecule has 0 saturated carbocycles. The van der Waals surface area contributed by atoms with Gasteiger partial charge >= 0.3 is 5.97 Å². The molecule has 16 heavy (non-hydrogen) atoms. The average Bonchev–Trinajstić information content (AvgIpc) is 2.82. The SMILES string of the molecule is COC(=O)[C@H]1CCCCN1Cc1ccco1. The van der Waals surface area contributed by atoms with Crippen LogP contribution in [0.4, 0.5) is 0 Å². The third-order valence-corrected chi connectivity index (χ3v) is 3.03. The van der Waals surface area contributed by atoms with Crippen LogP contribution >= 0.6 is 0 Å². The first-order valence-corrected chi connectivity index (χ1v) is 5.65. The zero-order valence-corrected chi connectivity index (χ0v) is 9.52. The summed E-state index contributed by atoms with van der Waals surface area (Å²) >= 11 is 0. The van der Waals surface area contributed by atoms with Crippen LogP contribution in [-0.4, -0.2) is 30.6 Å². The number of hydrogen-bond acceptors (Lipinski definition) is 4. The van der Waals surface area contributed by atoms with E-state index in [0.717, 1.165) is 31.6 Å². The van der Waals surface area contributed by atoms with Crippen LogP contribution in [0.3, 0.4) is 0 Å². The summed E-state index contributed by atoms with van der Waals surface area (Å²) in [6, 6.07) is 3.69. The van der Waals surface area contributed by atoms with E-state index in [1.807, 2.05) is 12.1 Å². The summed E-state index contributed by atoms with van der Waals surface area (Å²) in [4.78, 5) is 13.7. The fraction of sp³-hybridized carbons (Fsp3) is 0.583. The Hall–Kier alpha value is -1.29. The molecule has 88 valence electrons. The summed E-state index contributed by atoms with van der Waals surface area (Å²) in [7, 11) is 1.45. The number of hydrogen-bond donors (Lipinski definition) is 0. The van der Waals surface area contributed by atoms with Crippen molar-refractivity contribution in [2.75, 3.05) is 13.7 Å². The van der Waals surface area contributed by atoms with Gasteiger partial charge in [0.05, 0.1) is 19.9 Å². The Morgan fingerprint density at radius 3 is 3.19 bits per heavy atom. The highest BCUT2D eigenvalue weighted by molar-refractivity contribution is 5.75. The number of esters is 1. The smallest absolute Gasteiger partial charge is 0.323 e. The van der Waals surface area contributed by atoms with Crippen LogP contribution in [0.1, 0.15) is 25.0 Å². The summed E-state index contributed by atoms with van der Waals surface area (Å²) in [5, 5.41) is 0. The van der Waals surface area contributed by atoms with E-state index in [1.165, 1.54) is 7.11 Å². The molecule has 2 rings (SSSR count). The minimum absolute atomic E-state index is 0.108. The van der Waals surface area contributed by atoms with E-state index >= 15 is 0 Å². The molecule has 1 atom stereocenters. The van der Waals surface area contributed by atoms with Gasteiger partial charge in [0.25, 0.3) is 0 Å². The van der Waals surface area contributed by atoms with Crippen molar-refractivity contribution in [3.8, 4) is 0 Å². The van der Waals surface area contributed by atoms with Crippen molar-refractivity contribution in [2.24, 2.45) is 0 Å². The molecule has 1 aromatic rings. The molecule has 0 unspecified atom stereocenters. The van der Waals surface area contributed by atoms with Crippen molar-refractivity contribution < 1.29 is 13.9 Å². The van der Waals surface area contributed by atoms with E-state index in [-0.39, 0.29) is 12.0 Å². The van der Waals surface area contributed by atoms with Gasteiger partial charge in [-0.1, -0.05) is 6.42 Å². The van der Waals surface area contributed by atoms with Crippen LogP contribution in [0.25, 0.3) is 0 Å². The molecule has 1 saturated heterocycles. The molecule has 1 aliphatic rings. The number of rotatable bonds is 3. The summed E-state index contributed by atoms with van der Waals surface area (Å²) in [6.07, 6.45) is 4.77.